The molecule has 1 aliphatic rings. The molecule has 1 saturated carbocycles. The number of aliphatic carboxylic acids is 1. The molecule has 1 aromatic heterocycles. The fraction of sp³-hybridized carbons (Fsp3) is 0.571. The molecule has 1 heterocycles. The molecular formula is C14H18BrNO3. The summed E-state index contributed by atoms with van der Waals surface area (Å²) in [7, 11) is 0. The Balaban J connectivity index is 1.88. The fourth-order valence-corrected chi connectivity index (χ4v) is 2.84. The molecule has 0 saturated heterocycles. The van der Waals surface area contributed by atoms with E-state index in [-0.39, 0.29) is 6.42 Å². The van der Waals surface area contributed by atoms with Crippen molar-refractivity contribution in [3.63, 3.8) is 0 Å². The lowest BCUT2D eigenvalue weighted by Gasteiger charge is -2.12. The third-order valence-corrected chi connectivity index (χ3v) is 3.99. The van der Waals surface area contributed by atoms with Crippen molar-refractivity contribution in [2.75, 3.05) is 6.61 Å². The van der Waals surface area contributed by atoms with Gasteiger partial charge in [-0.05, 0) is 52.7 Å². The third-order valence-electron chi connectivity index (χ3n) is 3.42. The first-order chi connectivity index (χ1) is 9.15. The van der Waals surface area contributed by atoms with Gasteiger partial charge in [0.05, 0.1) is 11.1 Å². The highest BCUT2D eigenvalue weighted by Gasteiger charge is 2.16. The summed E-state index contributed by atoms with van der Waals surface area (Å²) < 4.78 is 6.53. The molecule has 1 fully saturated rings. The van der Waals surface area contributed by atoms with Gasteiger partial charge in [0.25, 0.3) is 0 Å². The highest BCUT2D eigenvalue weighted by atomic mass is 79.9. The van der Waals surface area contributed by atoms with Crippen LogP contribution < -0.4 is 4.74 Å². The van der Waals surface area contributed by atoms with Crippen molar-refractivity contribution in [3.05, 3.63) is 22.3 Å². The predicted octanol–water partition coefficient (Wildman–Crippen LogP) is 3.43. The van der Waals surface area contributed by atoms with Crippen LogP contribution in [0.2, 0.25) is 0 Å². The smallest absolute Gasteiger partial charge is 0.303 e. The molecule has 0 aliphatic heterocycles. The summed E-state index contributed by atoms with van der Waals surface area (Å²) in [6, 6.07) is 1.89. The average molecular weight is 328 g/mol. The first-order valence-electron chi connectivity index (χ1n) is 6.64. The second-order valence-corrected chi connectivity index (χ2v) is 5.84. The van der Waals surface area contributed by atoms with Crippen molar-refractivity contribution in [2.45, 2.75) is 38.5 Å². The maximum Gasteiger partial charge on any atom is 0.303 e. The number of halogens is 1. The van der Waals surface area contributed by atoms with E-state index in [1.54, 1.807) is 6.20 Å². The monoisotopic (exact) mass is 327 g/mol. The highest BCUT2D eigenvalue weighted by Crippen LogP contribution is 2.28. The summed E-state index contributed by atoms with van der Waals surface area (Å²) >= 11 is 3.43. The van der Waals surface area contributed by atoms with Gasteiger partial charge in [-0.1, -0.05) is 12.8 Å². The quantitative estimate of drug-likeness (QED) is 0.869. The van der Waals surface area contributed by atoms with Gasteiger partial charge in [-0.3, -0.25) is 4.79 Å². The summed E-state index contributed by atoms with van der Waals surface area (Å²) in [4.78, 5) is 14.8. The average Bonchev–Trinajstić information content (AvgIpc) is 2.88. The topological polar surface area (TPSA) is 59.4 Å². The lowest BCUT2D eigenvalue weighted by atomic mass is 10.1. The minimum atomic E-state index is -0.794. The number of carboxylic acids is 1. The number of pyridine rings is 1. The van der Waals surface area contributed by atoms with Crippen LogP contribution in [0.15, 0.2) is 16.7 Å². The SMILES string of the molecule is O=C(O)CCc1cnc(OCC2CCCC2)c(Br)c1. The molecule has 5 heteroatoms. The number of carbonyl (C=O) groups is 1. The minimum Gasteiger partial charge on any atom is -0.481 e. The number of aryl methyl sites for hydroxylation is 1. The third kappa shape index (κ3) is 4.49. The second-order valence-electron chi connectivity index (χ2n) is 4.99. The zero-order chi connectivity index (χ0) is 13.7. The first-order valence-corrected chi connectivity index (χ1v) is 7.43. The number of hydrogen-bond acceptors (Lipinski definition) is 3. The van der Waals surface area contributed by atoms with E-state index in [0.717, 1.165) is 16.6 Å². The molecule has 0 amide bonds. The summed E-state index contributed by atoms with van der Waals surface area (Å²) in [6.07, 6.45) is 7.40. The molecule has 104 valence electrons. The maximum atomic E-state index is 10.5. The Bertz CT molecular complexity index is 444. The summed E-state index contributed by atoms with van der Waals surface area (Å²) in [5.41, 5.74) is 0.905. The molecule has 0 radical (unpaired) electrons. The van der Waals surface area contributed by atoms with E-state index in [1.807, 2.05) is 6.07 Å². The zero-order valence-electron chi connectivity index (χ0n) is 10.8. The predicted molar refractivity (Wildman–Crippen MR) is 75.3 cm³/mol. The molecule has 19 heavy (non-hydrogen) atoms. The van der Waals surface area contributed by atoms with Crippen molar-refractivity contribution in [3.8, 4) is 5.88 Å². The Labute approximate surface area is 121 Å². The van der Waals surface area contributed by atoms with Crippen LogP contribution in [-0.4, -0.2) is 22.7 Å². The van der Waals surface area contributed by atoms with Crippen molar-refractivity contribution in [1.82, 2.24) is 4.98 Å². The lowest BCUT2D eigenvalue weighted by Crippen LogP contribution is -2.09. The van der Waals surface area contributed by atoms with Crippen LogP contribution in [0.25, 0.3) is 0 Å². The van der Waals surface area contributed by atoms with E-state index in [2.05, 4.69) is 20.9 Å². The van der Waals surface area contributed by atoms with Gasteiger partial charge in [0.15, 0.2) is 0 Å². The molecule has 0 aromatic carbocycles. The Morgan fingerprint density at radius 3 is 2.84 bits per heavy atom. The van der Waals surface area contributed by atoms with Crippen molar-refractivity contribution < 1.29 is 14.6 Å². The van der Waals surface area contributed by atoms with Crippen molar-refractivity contribution in [1.29, 1.82) is 0 Å². The first kappa shape index (κ1) is 14.3. The number of hydrogen-bond donors (Lipinski definition) is 1. The van der Waals surface area contributed by atoms with E-state index in [4.69, 9.17) is 9.84 Å². The maximum absolute atomic E-state index is 10.5. The molecule has 0 atom stereocenters. The number of carboxylic acid groups (broad SMARTS) is 1. The van der Waals surface area contributed by atoms with E-state index >= 15 is 0 Å². The molecule has 1 N–H and O–H groups in total. The van der Waals surface area contributed by atoms with E-state index in [0.29, 0.717) is 18.2 Å². The molecule has 1 aromatic rings. The number of rotatable bonds is 6. The van der Waals surface area contributed by atoms with Gasteiger partial charge in [-0.25, -0.2) is 4.98 Å². The van der Waals surface area contributed by atoms with Crippen molar-refractivity contribution >= 4 is 21.9 Å². The molecule has 2 rings (SSSR count). The molecule has 0 bridgehead atoms. The van der Waals surface area contributed by atoms with Gasteiger partial charge in [0.1, 0.15) is 0 Å². The van der Waals surface area contributed by atoms with Gasteiger partial charge >= 0.3 is 5.97 Å². The molecule has 4 nitrogen and oxygen atoms in total. The summed E-state index contributed by atoms with van der Waals surface area (Å²) in [5.74, 6) is 0.462. The normalized spacial score (nSPS) is 15.6. The lowest BCUT2D eigenvalue weighted by molar-refractivity contribution is -0.136. The van der Waals surface area contributed by atoms with Gasteiger partial charge in [-0.15, -0.1) is 0 Å². The number of ether oxygens (including phenoxy) is 1. The molecular weight excluding hydrogens is 310 g/mol. The van der Waals surface area contributed by atoms with Crippen LogP contribution in [0.1, 0.15) is 37.7 Å². The van der Waals surface area contributed by atoms with Gasteiger partial charge in [0, 0.05) is 12.6 Å². The number of nitrogens with zero attached hydrogens (tertiary/aromatic N) is 1. The standard InChI is InChI=1S/C14H18BrNO3/c15-12-7-11(5-6-13(17)18)8-16-14(12)19-9-10-3-1-2-4-10/h7-8,10H,1-6,9H2,(H,17,18). The largest absolute Gasteiger partial charge is 0.481 e. The molecule has 1 aliphatic carbocycles. The molecule has 0 unspecified atom stereocenters. The van der Waals surface area contributed by atoms with E-state index < -0.39 is 5.97 Å². The summed E-state index contributed by atoms with van der Waals surface area (Å²) in [5, 5.41) is 8.65. The van der Waals surface area contributed by atoms with Crippen LogP contribution in [0.3, 0.4) is 0 Å². The van der Waals surface area contributed by atoms with Crippen molar-refractivity contribution in [2.24, 2.45) is 5.92 Å². The Morgan fingerprint density at radius 2 is 2.21 bits per heavy atom. The fourth-order valence-electron chi connectivity index (χ4n) is 2.33. The number of aromatic nitrogens is 1. The van der Waals surface area contributed by atoms with E-state index in [9.17, 15) is 4.79 Å². The van der Waals surface area contributed by atoms with Crippen LogP contribution in [0.4, 0.5) is 0 Å². The van der Waals surface area contributed by atoms with Gasteiger partial charge in [0.2, 0.25) is 5.88 Å². The van der Waals surface area contributed by atoms with Crippen LogP contribution >= 0.6 is 15.9 Å². The minimum absolute atomic E-state index is 0.121. The zero-order valence-corrected chi connectivity index (χ0v) is 12.4. The van der Waals surface area contributed by atoms with Gasteiger partial charge < -0.3 is 9.84 Å². The Morgan fingerprint density at radius 1 is 1.47 bits per heavy atom. The second kappa shape index (κ2) is 6.89. The summed E-state index contributed by atoms with van der Waals surface area (Å²) in [6.45, 7) is 0.722. The highest BCUT2D eigenvalue weighted by molar-refractivity contribution is 9.10. The van der Waals surface area contributed by atoms with E-state index in [1.165, 1.54) is 25.7 Å². The Kier molecular flexibility index (Phi) is 5.19. The molecule has 0 spiro atoms. The van der Waals surface area contributed by atoms with Crippen LogP contribution in [0.5, 0.6) is 5.88 Å². The van der Waals surface area contributed by atoms with Crippen LogP contribution in [-0.2, 0) is 11.2 Å². The van der Waals surface area contributed by atoms with Gasteiger partial charge in [-0.2, -0.15) is 0 Å². The van der Waals surface area contributed by atoms with Crippen LogP contribution in [0, 0.1) is 5.92 Å². The Hall–Kier alpha value is -1.10.